The number of aromatic carboxylic acids is 1. The van der Waals surface area contributed by atoms with Gasteiger partial charge in [0.25, 0.3) is 0 Å². The summed E-state index contributed by atoms with van der Waals surface area (Å²) >= 11 is 0. The Kier molecular flexibility index (Phi) is 10.8. The topological polar surface area (TPSA) is 87.1 Å². The zero-order chi connectivity index (χ0) is 30.7. The highest BCUT2D eigenvalue weighted by Gasteiger charge is 2.26. The maximum Gasteiger partial charge on any atom is 0.335 e. The molecule has 228 valence electrons. The lowest BCUT2D eigenvalue weighted by atomic mass is 9.86. The van der Waals surface area contributed by atoms with Crippen LogP contribution in [0.5, 0.6) is 5.75 Å². The first-order chi connectivity index (χ1) is 21.4. The molecule has 0 spiro atoms. The molecule has 1 atom stereocenters. The van der Waals surface area contributed by atoms with Crippen molar-refractivity contribution in [3.8, 4) is 5.75 Å². The Morgan fingerprint density at radius 3 is 2.14 bits per heavy atom. The van der Waals surface area contributed by atoms with Crippen LogP contribution in [0.2, 0.25) is 0 Å². The Bertz CT molecular complexity index is 1520. The van der Waals surface area contributed by atoms with Gasteiger partial charge < -0.3 is 14.9 Å². The van der Waals surface area contributed by atoms with E-state index in [0.717, 1.165) is 61.9 Å². The number of benzene rings is 4. The van der Waals surface area contributed by atoms with Crippen molar-refractivity contribution >= 4 is 11.9 Å². The average molecular weight is 592 g/mol. The van der Waals surface area contributed by atoms with Crippen molar-refractivity contribution < 1.29 is 24.5 Å². The molecule has 6 heteroatoms. The number of ether oxygens (including phenoxy) is 1. The molecule has 2 N–H and O–H groups in total. The number of aryl methyl sites for hydroxylation is 3. The van der Waals surface area contributed by atoms with E-state index in [0.29, 0.717) is 19.6 Å². The Morgan fingerprint density at radius 1 is 0.750 bits per heavy atom. The fraction of sp³-hybridized carbons (Fsp3) is 0.316. The molecule has 1 aliphatic carbocycles. The lowest BCUT2D eigenvalue weighted by molar-refractivity contribution is -0.137. The summed E-state index contributed by atoms with van der Waals surface area (Å²) in [6.07, 6.45) is 6.45. The molecule has 0 aliphatic heterocycles. The fourth-order valence-corrected chi connectivity index (χ4v) is 6.05. The van der Waals surface area contributed by atoms with Gasteiger partial charge in [-0.2, -0.15) is 0 Å². The van der Waals surface area contributed by atoms with Gasteiger partial charge in [-0.25, -0.2) is 4.79 Å². The van der Waals surface area contributed by atoms with E-state index in [-0.39, 0.29) is 18.0 Å². The quantitative estimate of drug-likeness (QED) is 0.141. The summed E-state index contributed by atoms with van der Waals surface area (Å²) in [4.78, 5) is 24.8. The van der Waals surface area contributed by atoms with Gasteiger partial charge in [0.1, 0.15) is 12.4 Å². The highest BCUT2D eigenvalue weighted by molar-refractivity contribution is 5.87. The maximum atomic E-state index is 11.3. The van der Waals surface area contributed by atoms with Gasteiger partial charge >= 0.3 is 11.9 Å². The van der Waals surface area contributed by atoms with Gasteiger partial charge in [-0.15, -0.1) is 0 Å². The number of carboxylic acid groups (broad SMARTS) is 2. The normalized spacial score (nSPS) is 14.2. The van der Waals surface area contributed by atoms with Gasteiger partial charge in [0.15, 0.2) is 0 Å². The highest BCUT2D eigenvalue weighted by atomic mass is 16.5. The van der Waals surface area contributed by atoms with Crippen LogP contribution in [-0.4, -0.2) is 39.6 Å². The minimum atomic E-state index is -0.933. The third kappa shape index (κ3) is 8.80. The first-order valence-electron chi connectivity index (χ1n) is 15.6. The van der Waals surface area contributed by atoms with E-state index in [1.54, 1.807) is 12.1 Å². The summed E-state index contributed by atoms with van der Waals surface area (Å²) in [5, 5.41) is 18.4. The fourth-order valence-electron chi connectivity index (χ4n) is 6.05. The van der Waals surface area contributed by atoms with Crippen LogP contribution in [0.25, 0.3) is 0 Å². The molecule has 0 saturated heterocycles. The predicted molar refractivity (Wildman–Crippen MR) is 172 cm³/mol. The van der Waals surface area contributed by atoms with E-state index in [4.69, 9.17) is 9.84 Å². The third-order valence-corrected chi connectivity index (χ3v) is 8.57. The van der Waals surface area contributed by atoms with Crippen molar-refractivity contribution in [3.63, 3.8) is 0 Å². The molecular weight excluding hydrogens is 550 g/mol. The second-order valence-electron chi connectivity index (χ2n) is 11.7. The van der Waals surface area contributed by atoms with E-state index in [1.165, 1.54) is 22.3 Å². The van der Waals surface area contributed by atoms with Crippen LogP contribution in [-0.2, 0) is 43.6 Å². The van der Waals surface area contributed by atoms with Gasteiger partial charge in [-0.3, -0.25) is 9.69 Å². The Morgan fingerprint density at radius 2 is 1.43 bits per heavy atom. The summed E-state index contributed by atoms with van der Waals surface area (Å²) in [6, 6.07) is 33.0. The van der Waals surface area contributed by atoms with Gasteiger partial charge in [-0.05, 0) is 103 Å². The number of aliphatic carboxylic acids is 1. The minimum Gasteiger partial charge on any atom is -0.489 e. The summed E-state index contributed by atoms with van der Waals surface area (Å²) in [7, 11) is 0. The third-order valence-electron chi connectivity index (χ3n) is 8.57. The van der Waals surface area contributed by atoms with Crippen molar-refractivity contribution in [2.45, 2.75) is 70.6 Å². The molecule has 0 bridgehead atoms. The number of unbranched alkanes of at least 4 members (excludes halogenated alkanes) is 1. The molecule has 1 unspecified atom stereocenters. The molecule has 0 heterocycles. The largest absolute Gasteiger partial charge is 0.489 e. The molecule has 4 aromatic rings. The molecule has 5 rings (SSSR count). The number of hydrogen-bond acceptors (Lipinski definition) is 4. The van der Waals surface area contributed by atoms with E-state index in [9.17, 15) is 14.7 Å². The summed E-state index contributed by atoms with van der Waals surface area (Å²) in [5.41, 5.74) is 7.71. The standard InChI is InChI=1S/C38H41NO5/c40-37(41)11-4-5-24-39(26-30-18-20-33(21-19-30)38(42)43)34-23-22-32-9-6-10-36(35(32)25-34)44-27-31-16-14-29(15-17-31)13-12-28-7-2-1-3-8-28/h1-3,6-10,14-21,34H,4-5,11-13,22-27H2,(H,40,41)(H,42,43). The van der Waals surface area contributed by atoms with Crippen LogP contribution in [0, 0.1) is 0 Å². The molecule has 0 radical (unpaired) electrons. The maximum absolute atomic E-state index is 11.3. The molecule has 0 amide bonds. The van der Waals surface area contributed by atoms with Crippen molar-refractivity contribution in [3.05, 3.63) is 136 Å². The Balaban J connectivity index is 1.23. The first kappa shape index (κ1) is 31.0. The molecule has 4 aromatic carbocycles. The molecule has 44 heavy (non-hydrogen) atoms. The van der Waals surface area contributed by atoms with E-state index >= 15 is 0 Å². The summed E-state index contributed by atoms with van der Waals surface area (Å²) < 4.78 is 6.43. The summed E-state index contributed by atoms with van der Waals surface area (Å²) in [5.74, 6) is -0.773. The van der Waals surface area contributed by atoms with Gasteiger partial charge in [0.05, 0.1) is 5.56 Å². The van der Waals surface area contributed by atoms with Crippen LogP contribution in [0.15, 0.2) is 97.1 Å². The molecule has 1 aliphatic rings. The van der Waals surface area contributed by atoms with Gasteiger partial charge in [0.2, 0.25) is 0 Å². The second kappa shape index (κ2) is 15.3. The van der Waals surface area contributed by atoms with Gasteiger partial charge in [-0.1, -0.05) is 78.9 Å². The smallest absolute Gasteiger partial charge is 0.335 e. The predicted octanol–water partition coefficient (Wildman–Crippen LogP) is 7.36. The number of fused-ring (bicyclic) bond motifs is 1. The van der Waals surface area contributed by atoms with E-state index in [2.05, 4.69) is 71.6 Å². The monoisotopic (exact) mass is 591 g/mol. The number of hydrogen-bond donors (Lipinski definition) is 2. The lowest BCUT2D eigenvalue weighted by Crippen LogP contribution is -2.39. The Hall–Kier alpha value is -4.42. The SMILES string of the molecule is O=C(O)CCCCN(Cc1ccc(C(=O)O)cc1)C1CCc2cccc(OCc3ccc(CCc4ccccc4)cc3)c2C1. The van der Waals surface area contributed by atoms with Gasteiger partial charge in [0, 0.05) is 19.0 Å². The molecule has 6 nitrogen and oxygen atoms in total. The molecule has 0 aromatic heterocycles. The van der Waals surface area contributed by atoms with Crippen LogP contribution in [0.3, 0.4) is 0 Å². The second-order valence-corrected chi connectivity index (χ2v) is 11.7. The van der Waals surface area contributed by atoms with E-state index in [1.807, 2.05) is 18.2 Å². The van der Waals surface area contributed by atoms with Crippen LogP contribution < -0.4 is 4.74 Å². The molecular formula is C38H41NO5. The van der Waals surface area contributed by atoms with Crippen molar-refractivity contribution in [2.24, 2.45) is 0 Å². The number of carboxylic acids is 2. The zero-order valence-electron chi connectivity index (χ0n) is 25.2. The van der Waals surface area contributed by atoms with Crippen molar-refractivity contribution in [1.82, 2.24) is 4.90 Å². The first-order valence-corrected chi connectivity index (χ1v) is 15.6. The zero-order valence-corrected chi connectivity index (χ0v) is 25.2. The van der Waals surface area contributed by atoms with Crippen LogP contribution >= 0.6 is 0 Å². The van der Waals surface area contributed by atoms with E-state index < -0.39 is 11.9 Å². The number of nitrogens with zero attached hydrogens (tertiary/aromatic N) is 1. The minimum absolute atomic E-state index is 0.167. The van der Waals surface area contributed by atoms with Crippen LogP contribution in [0.4, 0.5) is 0 Å². The molecule has 0 fully saturated rings. The molecule has 0 saturated carbocycles. The summed E-state index contributed by atoms with van der Waals surface area (Å²) in [6.45, 7) is 1.98. The van der Waals surface area contributed by atoms with Crippen molar-refractivity contribution in [2.75, 3.05) is 6.54 Å². The average Bonchev–Trinajstić information content (AvgIpc) is 3.05. The number of rotatable bonds is 15. The lowest BCUT2D eigenvalue weighted by Gasteiger charge is -2.36. The Labute approximate surface area is 259 Å². The highest BCUT2D eigenvalue weighted by Crippen LogP contribution is 2.33. The van der Waals surface area contributed by atoms with Crippen molar-refractivity contribution in [1.29, 1.82) is 0 Å². The van der Waals surface area contributed by atoms with Crippen LogP contribution in [0.1, 0.15) is 69.4 Å². The number of carbonyl (C=O) groups is 2.